The molecule has 0 unspecified atom stereocenters. The molecule has 0 radical (unpaired) electrons. The third-order valence-electron chi connectivity index (χ3n) is 2.79. The van der Waals surface area contributed by atoms with Crippen molar-refractivity contribution in [1.29, 1.82) is 0 Å². The zero-order valence-electron chi connectivity index (χ0n) is 10.9. The van der Waals surface area contributed by atoms with Crippen molar-refractivity contribution in [2.45, 2.75) is 0 Å². The number of benzene rings is 1. The first-order chi connectivity index (χ1) is 10.5. The molecule has 2 N–H and O–H groups in total. The van der Waals surface area contributed by atoms with Gasteiger partial charge < -0.3 is 4.42 Å². The van der Waals surface area contributed by atoms with Crippen molar-refractivity contribution in [3.63, 3.8) is 0 Å². The van der Waals surface area contributed by atoms with E-state index in [0.29, 0.717) is 10.5 Å². The van der Waals surface area contributed by atoms with Gasteiger partial charge in [-0.05, 0) is 52.3 Å². The Labute approximate surface area is 145 Å². The highest BCUT2D eigenvalue weighted by atomic mass is 79.9. The fraction of sp³-hybridized carbons (Fsp3) is 0. The van der Waals surface area contributed by atoms with Crippen molar-refractivity contribution in [2.24, 2.45) is 0 Å². The van der Waals surface area contributed by atoms with E-state index in [9.17, 15) is 9.59 Å². The predicted octanol–water partition coefficient (Wildman–Crippen LogP) is 4.09. The van der Waals surface area contributed by atoms with E-state index in [0.717, 1.165) is 13.6 Å². The summed E-state index contributed by atoms with van der Waals surface area (Å²) in [7, 11) is 0. The first-order valence-corrected chi connectivity index (χ1v) is 8.48. The van der Waals surface area contributed by atoms with Gasteiger partial charge in [0.25, 0.3) is 5.91 Å². The van der Waals surface area contributed by atoms with Gasteiger partial charge in [-0.1, -0.05) is 15.9 Å². The normalized spacial score (nSPS) is 10.6. The number of hydrazine groups is 1. The Bertz CT molecular complexity index is 872. The first-order valence-electron chi connectivity index (χ1n) is 6.08. The van der Waals surface area contributed by atoms with Gasteiger partial charge in [-0.2, -0.15) is 0 Å². The Hall–Kier alpha value is -1.64. The molecule has 22 heavy (non-hydrogen) atoms. The third-order valence-corrected chi connectivity index (χ3v) is 4.90. The molecule has 0 spiro atoms. The molecule has 1 aromatic carbocycles. The minimum Gasteiger partial charge on any atom is -0.451 e. The molecule has 112 valence electrons. The minimum absolute atomic E-state index is 0.126. The number of carbonyl (C=O) groups is 2. The van der Waals surface area contributed by atoms with Crippen molar-refractivity contribution < 1.29 is 14.0 Å². The topological polar surface area (TPSA) is 71.3 Å². The van der Waals surface area contributed by atoms with Crippen LogP contribution in [-0.2, 0) is 0 Å². The number of nitrogens with one attached hydrogen (secondary N) is 2. The van der Waals surface area contributed by atoms with Crippen LogP contribution in [-0.4, -0.2) is 11.8 Å². The number of hydrogen-bond donors (Lipinski definition) is 2. The highest BCUT2D eigenvalue weighted by Gasteiger charge is 2.14. The Morgan fingerprint density at radius 2 is 1.77 bits per heavy atom. The number of hydrogen-bond acceptors (Lipinski definition) is 4. The fourth-order valence-corrected chi connectivity index (χ4v) is 3.46. The van der Waals surface area contributed by atoms with Crippen LogP contribution in [0.1, 0.15) is 20.2 Å². The molecular weight excluding hydrogens is 436 g/mol. The van der Waals surface area contributed by atoms with Gasteiger partial charge in [-0.3, -0.25) is 20.4 Å². The highest BCUT2D eigenvalue weighted by molar-refractivity contribution is 9.11. The van der Waals surface area contributed by atoms with Crippen LogP contribution in [0.5, 0.6) is 0 Å². The zero-order valence-corrected chi connectivity index (χ0v) is 14.8. The van der Waals surface area contributed by atoms with Gasteiger partial charge in [0.05, 0.1) is 8.66 Å². The lowest BCUT2D eigenvalue weighted by Gasteiger charge is -2.03. The van der Waals surface area contributed by atoms with Crippen LogP contribution >= 0.6 is 43.2 Å². The molecule has 2 aromatic heterocycles. The van der Waals surface area contributed by atoms with Gasteiger partial charge in [0.2, 0.25) is 0 Å². The second-order valence-electron chi connectivity index (χ2n) is 4.30. The Balaban J connectivity index is 1.69. The lowest BCUT2D eigenvalue weighted by molar-refractivity contribution is 0.0834. The molecular formula is C14H8Br2N2O3S. The predicted molar refractivity (Wildman–Crippen MR) is 90.9 cm³/mol. The largest absolute Gasteiger partial charge is 0.451 e. The molecule has 8 heteroatoms. The van der Waals surface area contributed by atoms with E-state index in [4.69, 9.17) is 4.42 Å². The summed E-state index contributed by atoms with van der Waals surface area (Å²) in [6.45, 7) is 0. The average Bonchev–Trinajstić information content (AvgIpc) is 3.10. The van der Waals surface area contributed by atoms with E-state index in [-0.39, 0.29) is 11.7 Å². The molecule has 5 nitrogen and oxygen atoms in total. The Kier molecular flexibility index (Phi) is 4.32. The van der Waals surface area contributed by atoms with E-state index < -0.39 is 5.91 Å². The van der Waals surface area contributed by atoms with Crippen LogP contribution in [0, 0.1) is 0 Å². The monoisotopic (exact) mass is 442 g/mol. The van der Waals surface area contributed by atoms with Crippen LogP contribution < -0.4 is 10.9 Å². The summed E-state index contributed by atoms with van der Waals surface area (Å²) < 4.78 is 7.17. The van der Waals surface area contributed by atoms with Gasteiger partial charge in [0.1, 0.15) is 5.58 Å². The van der Waals surface area contributed by atoms with Gasteiger partial charge in [-0.15, -0.1) is 11.3 Å². The molecule has 0 bridgehead atoms. The number of thiophene rings is 1. The summed E-state index contributed by atoms with van der Waals surface area (Å²) in [5, 5.41) is 0.799. The average molecular weight is 444 g/mol. The van der Waals surface area contributed by atoms with Crippen molar-refractivity contribution in [3.8, 4) is 0 Å². The Morgan fingerprint density at radius 3 is 2.50 bits per heavy atom. The lowest BCUT2D eigenvalue weighted by atomic mass is 10.2. The second-order valence-corrected chi connectivity index (χ2v) is 7.68. The number of fused-ring (bicyclic) bond motifs is 1. The molecule has 0 atom stereocenters. The molecule has 2 heterocycles. The lowest BCUT2D eigenvalue weighted by Crippen LogP contribution is -2.41. The summed E-state index contributed by atoms with van der Waals surface area (Å²) >= 11 is 7.90. The standard InChI is InChI=1S/C14H8Br2N2O3S/c15-8-1-2-9-7(5-8)6-10(21-9)13(19)17-18-14(20)11-3-4-12(16)22-11/h1-6H,(H,17,19)(H,18,20). The maximum Gasteiger partial charge on any atom is 0.305 e. The zero-order chi connectivity index (χ0) is 15.7. The smallest absolute Gasteiger partial charge is 0.305 e. The molecule has 0 aliphatic heterocycles. The third kappa shape index (κ3) is 3.23. The summed E-state index contributed by atoms with van der Waals surface area (Å²) in [6.07, 6.45) is 0. The number of furan rings is 1. The summed E-state index contributed by atoms with van der Waals surface area (Å²) in [6, 6.07) is 10.5. The maximum atomic E-state index is 12.0. The quantitative estimate of drug-likeness (QED) is 0.586. The number of amides is 2. The Morgan fingerprint density at radius 1 is 1.00 bits per heavy atom. The van der Waals surface area contributed by atoms with Gasteiger partial charge in [-0.25, -0.2) is 0 Å². The highest BCUT2D eigenvalue weighted by Crippen LogP contribution is 2.23. The van der Waals surface area contributed by atoms with Crippen LogP contribution in [0.15, 0.2) is 49.1 Å². The van der Waals surface area contributed by atoms with Crippen LogP contribution in [0.25, 0.3) is 11.0 Å². The van der Waals surface area contributed by atoms with Crippen molar-refractivity contribution in [2.75, 3.05) is 0 Å². The SMILES string of the molecule is O=C(NNC(=O)c1ccc(Br)s1)c1cc2cc(Br)ccc2o1. The number of rotatable bonds is 2. The minimum atomic E-state index is -0.517. The molecule has 0 saturated carbocycles. The van der Waals surface area contributed by atoms with E-state index in [1.165, 1.54) is 11.3 Å². The van der Waals surface area contributed by atoms with Crippen LogP contribution in [0.2, 0.25) is 0 Å². The van der Waals surface area contributed by atoms with Gasteiger partial charge >= 0.3 is 5.91 Å². The van der Waals surface area contributed by atoms with E-state index in [2.05, 4.69) is 42.7 Å². The number of halogens is 2. The molecule has 2 amide bonds. The van der Waals surface area contributed by atoms with E-state index >= 15 is 0 Å². The van der Waals surface area contributed by atoms with Gasteiger partial charge in [0, 0.05) is 9.86 Å². The molecule has 0 aliphatic carbocycles. The molecule has 0 saturated heterocycles. The van der Waals surface area contributed by atoms with E-state index in [1.54, 1.807) is 24.3 Å². The van der Waals surface area contributed by atoms with Crippen molar-refractivity contribution >= 4 is 66.0 Å². The van der Waals surface area contributed by atoms with Crippen LogP contribution in [0.4, 0.5) is 0 Å². The van der Waals surface area contributed by atoms with Crippen LogP contribution in [0.3, 0.4) is 0 Å². The summed E-state index contributed by atoms with van der Waals surface area (Å²) in [5.74, 6) is -0.778. The molecule has 3 aromatic rings. The maximum absolute atomic E-state index is 12.0. The fourth-order valence-electron chi connectivity index (χ4n) is 1.80. The summed E-state index contributed by atoms with van der Waals surface area (Å²) in [4.78, 5) is 24.3. The molecule has 0 aliphatic rings. The summed E-state index contributed by atoms with van der Waals surface area (Å²) in [5.41, 5.74) is 5.28. The molecule has 0 fully saturated rings. The van der Waals surface area contributed by atoms with Gasteiger partial charge in [0.15, 0.2) is 5.76 Å². The molecule has 3 rings (SSSR count). The van der Waals surface area contributed by atoms with Crippen molar-refractivity contribution in [3.05, 3.63) is 55.3 Å². The number of carbonyl (C=O) groups excluding carboxylic acids is 2. The van der Waals surface area contributed by atoms with Crippen molar-refractivity contribution in [1.82, 2.24) is 10.9 Å². The van der Waals surface area contributed by atoms with E-state index in [1.807, 2.05) is 12.1 Å². The second kappa shape index (κ2) is 6.23. The first kappa shape index (κ1) is 15.3.